The summed E-state index contributed by atoms with van der Waals surface area (Å²) >= 11 is 1.96. The Morgan fingerprint density at radius 3 is 3.08 bits per heavy atom. The van der Waals surface area contributed by atoms with Gasteiger partial charge in [-0.2, -0.15) is 16.9 Å². The smallest absolute Gasteiger partial charge is 0.0518 e. The molecule has 0 aliphatic heterocycles. The molecule has 74 valence electrons. The third kappa shape index (κ3) is 3.83. The van der Waals surface area contributed by atoms with Crippen LogP contribution in [0.2, 0.25) is 0 Å². The molecule has 0 aliphatic carbocycles. The van der Waals surface area contributed by atoms with Crippen molar-refractivity contribution in [1.29, 1.82) is 0 Å². The molecule has 0 unspecified atom stereocenters. The topological polar surface area (TPSA) is 29.9 Å². The number of nitrogens with zero attached hydrogens (tertiary/aromatic N) is 2. The Morgan fingerprint density at radius 1 is 1.62 bits per heavy atom. The highest BCUT2D eigenvalue weighted by molar-refractivity contribution is 7.99. The maximum atomic E-state index is 4.10. The minimum Gasteiger partial charge on any atom is -0.310 e. The van der Waals surface area contributed by atoms with Crippen LogP contribution in [0.25, 0.3) is 0 Å². The van der Waals surface area contributed by atoms with Gasteiger partial charge in [0.2, 0.25) is 0 Å². The van der Waals surface area contributed by atoms with Gasteiger partial charge in [-0.25, -0.2) is 0 Å². The number of nitrogens with one attached hydrogen (secondary N) is 1. The molecule has 1 rings (SSSR count). The fourth-order valence-electron chi connectivity index (χ4n) is 1.08. The van der Waals surface area contributed by atoms with Crippen molar-refractivity contribution in [3.05, 3.63) is 18.0 Å². The van der Waals surface area contributed by atoms with E-state index < -0.39 is 0 Å². The van der Waals surface area contributed by atoms with Crippen molar-refractivity contribution in [3.63, 3.8) is 0 Å². The molecule has 0 bridgehead atoms. The van der Waals surface area contributed by atoms with E-state index in [0.717, 1.165) is 13.1 Å². The monoisotopic (exact) mass is 199 g/mol. The summed E-state index contributed by atoms with van der Waals surface area (Å²) < 4.78 is 1.90. The molecule has 3 nitrogen and oxygen atoms in total. The zero-order valence-electron chi connectivity index (χ0n) is 8.29. The molecule has 13 heavy (non-hydrogen) atoms. The van der Waals surface area contributed by atoms with Crippen LogP contribution >= 0.6 is 11.8 Å². The van der Waals surface area contributed by atoms with Crippen molar-refractivity contribution >= 4 is 11.8 Å². The number of hydrogen-bond acceptors (Lipinski definition) is 3. The van der Waals surface area contributed by atoms with Crippen LogP contribution in [-0.2, 0) is 13.6 Å². The van der Waals surface area contributed by atoms with Crippen LogP contribution < -0.4 is 5.32 Å². The number of rotatable bonds is 6. The summed E-state index contributed by atoms with van der Waals surface area (Å²) in [6.07, 6.45) is 1.83. The molecule has 0 fully saturated rings. The van der Waals surface area contributed by atoms with Gasteiger partial charge in [-0.1, -0.05) is 6.92 Å². The lowest BCUT2D eigenvalue weighted by Crippen LogP contribution is -2.18. The van der Waals surface area contributed by atoms with Crippen LogP contribution in [0.3, 0.4) is 0 Å². The van der Waals surface area contributed by atoms with E-state index in [1.54, 1.807) is 0 Å². The zero-order valence-corrected chi connectivity index (χ0v) is 9.10. The molecule has 0 radical (unpaired) electrons. The Labute approximate surface area is 83.9 Å². The van der Waals surface area contributed by atoms with Crippen molar-refractivity contribution in [1.82, 2.24) is 15.1 Å². The predicted molar refractivity (Wildman–Crippen MR) is 57.9 cm³/mol. The molecule has 1 N–H and O–H groups in total. The summed E-state index contributed by atoms with van der Waals surface area (Å²) in [7, 11) is 1.97. The Balaban J connectivity index is 2.10. The molecule has 4 heteroatoms. The van der Waals surface area contributed by atoms with E-state index in [1.807, 2.05) is 35.8 Å². The Bertz CT molecular complexity index is 235. The van der Waals surface area contributed by atoms with Gasteiger partial charge < -0.3 is 5.32 Å². The lowest BCUT2D eigenvalue weighted by atomic mass is 10.4. The Hall–Kier alpha value is -0.480. The highest BCUT2D eigenvalue weighted by Crippen LogP contribution is 1.97. The fraction of sp³-hybridized carbons (Fsp3) is 0.667. The van der Waals surface area contributed by atoms with Gasteiger partial charge in [0.25, 0.3) is 0 Å². The van der Waals surface area contributed by atoms with Crippen molar-refractivity contribution < 1.29 is 0 Å². The lowest BCUT2D eigenvalue weighted by Gasteiger charge is -2.03. The first-order valence-electron chi connectivity index (χ1n) is 4.60. The molecule has 0 atom stereocenters. The third-order valence-electron chi connectivity index (χ3n) is 1.86. The third-order valence-corrected chi connectivity index (χ3v) is 2.76. The maximum Gasteiger partial charge on any atom is 0.0518 e. The summed E-state index contributed by atoms with van der Waals surface area (Å²) in [6, 6.07) is 2.04. The van der Waals surface area contributed by atoms with Gasteiger partial charge in [0.1, 0.15) is 0 Å². The second-order valence-electron chi connectivity index (χ2n) is 2.82. The fourth-order valence-corrected chi connectivity index (χ4v) is 1.66. The number of aryl methyl sites for hydroxylation is 1. The maximum absolute atomic E-state index is 4.10. The second-order valence-corrected chi connectivity index (χ2v) is 4.21. The van der Waals surface area contributed by atoms with Crippen LogP contribution in [0.4, 0.5) is 0 Å². The van der Waals surface area contributed by atoms with Crippen LogP contribution in [0.5, 0.6) is 0 Å². The quantitative estimate of drug-likeness (QED) is 0.700. The van der Waals surface area contributed by atoms with E-state index in [1.165, 1.54) is 17.2 Å². The summed E-state index contributed by atoms with van der Waals surface area (Å²) in [5, 5.41) is 7.48. The van der Waals surface area contributed by atoms with Gasteiger partial charge in [-0.05, 0) is 11.8 Å². The van der Waals surface area contributed by atoms with Crippen LogP contribution in [0.15, 0.2) is 12.3 Å². The predicted octanol–water partition coefficient (Wildman–Crippen LogP) is 1.26. The van der Waals surface area contributed by atoms with Gasteiger partial charge in [-0.3, -0.25) is 4.68 Å². The Kier molecular flexibility index (Phi) is 4.93. The highest BCUT2D eigenvalue weighted by atomic mass is 32.2. The van der Waals surface area contributed by atoms with Gasteiger partial charge >= 0.3 is 0 Å². The zero-order chi connectivity index (χ0) is 9.52. The summed E-state index contributed by atoms with van der Waals surface area (Å²) in [5.41, 5.74) is 1.24. The van der Waals surface area contributed by atoms with Crippen LogP contribution in [-0.4, -0.2) is 27.8 Å². The van der Waals surface area contributed by atoms with E-state index in [4.69, 9.17) is 0 Å². The standard InChI is InChI=1S/C9H17N3S/c1-3-13-7-6-10-8-9-4-5-11-12(9)2/h4-5,10H,3,6-8H2,1-2H3. The molecule has 0 spiro atoms. The number of hydrogen-bond donors (Lipinski definition) is 1. The molecule has 0 amide bonds. The summed E-state index contributed by atoms with van der Waals surface area (Å²) in [5.74, 6) is 2.39. The average Bonchev–Trinajstić information content (AvgIpc) is 2.52. The van der Waals surface area contributed by atoms with Crippen molar-refractivity contribution in [2.75, 3.05) is 18.1 Å². The molecular weight excluding hydrogens is 182 g/mol. The van der Waals surface area contributed by atoms with E-state index in [-0.39, 0.29) is 0 Å². The molecular formula is C9H17N3S. The van der Waals surface area contributed by atoms with E-state index >= 15 is 0 Å². The van der Waals surface area contributed by atoms with Crippen molar-refractivity contribution in [3.8, 4) is 0 Å². The molecule has 0 aliphatic rings. The van der Waals surface area contributed by atoms with Crippen molar-refractivity contribution in [2.45, 2.75) is 13.5 Å². The van der Waals surface area contributed by atoms with Gasteiger partial charge in [-0.15, -0.1) is 0 Å². The Morgan fingerprint density at radius 2 is 2.46 bits per heavy atom. The highest BCUT2D eigenvalue weighted by Gasteiger charge is 1.96. The molecule has 0 aromatic carbocycles. The molecule has 1 aromatic rings. The van der Waals surface area contributed by atoms with Gasteiger partial charge in [0.15, 0.2) is 0 Å². The van der Waals surface area contributed by atoms with E-state index in [0.29, 0.717) is 0 Å². The van der Waals surface area contributed by atoms with Crippen LogP contribution in [0.1, 0.15) is 12.6 Å². The number of aromatic nitrogens is 2. The first kappa shape index (κ1) is 10.6. The van der Waals surface area contributed by atoms with Crippen molar-refractivity contribution in [2.24, 2.45) is 7.05 Å². The summed E-state index contributed by atoms with van der Waals surface area (Å²) in [4.78, 5) is 0. The van der Waals surface area contributed by atoms with E-state index in [9.17, 15) is 0 Å². The minimum absolute atomic E-state index is 0.917. The van der Waals surface area contributed by atoms with E-state index in [2.05, 4.69) is 17.3 Å². The molecule has 1 heterocycles. The first-order chi connectivity index (χ1) is 6.34. The normalized spacial score (nSPS) is 10.6. The largest absolute Gasteiger partial charge is 0.310 e. The molecule has 0 saturated heterocycles. The first-order valence-corrected chi connectivity index (χ1v) is 5.75. The minimum atomic E-state index is 0.917. The van der Waals surface area contributed by atoms with Gasteiger partial charge in [0.05, 0.1) is 5.69 Å². The lowest BCUT2D eigenvalue weighted by molar-refractivity contribution is 0.645. The summed E-state index contributed by atoms with van der Waals surface area (Å²) in [6.45, 7) is 4.18. The van der Waals surface area contributed by atoms with Crippen LogP contribution in [0, 0.1) is 0 Å². The van der Waals surface area contributed by atoms with Gasteiger partial charge in [0, 0.05) is 32.1 Å². The SMILES string of the molecule is CCSCCNCc1ccnn1C. The molecule has 1 aromatic heterocycles. The average molecular weight is 199 g/mol. The number of thioether (sulfide) groups is 1. The molecule has 0 saturated carbocycles. The second kappa shape index (κ2) is 6.05.